The fourth-order valence-electron chi connectivity index (χ4n) is 1.73. The lowest BCUT2D eigenvalue weighted by Gasteiger charge is -2.21. The average Bonchev–Trinajstić information content (AvgIpc) is 2.29. The minimum atomic E-state index is -0.480. The number of hydrogen-bond acceptors (Lipinski definition) is 4. The standard InChI is InChI=1S/C16H25N3O2/c1-11-9-14(17)18-10-13(11)8-6-7-12(2)19-15(20)21-16(3,4)5/h6,8-10,12H,7H2,1-5H3,(H2,17,18)(H,19,20)/b8-6+/t12-/m0/s1. The van der Waals surface area contributed by atoms with Crippen molar-refractivity contribution in [2.75, 3.05) is 5.73 Å². The third-order valence-corrected chi connectivity index (χ3v) is 2.72. The smallest absolute Gasteiger partial charge is 0.407 e. The Morgan fingerprint density at radius 1 is 1.52 bits per heavy atom. The van der Waals surface area contributed by atoms with Crippen LogP contribution in [0.25, 0.3) is 6.08 Å². The molecule has 0 saturated carbocycles. The predicted octanol–water partition coefficient (Wildman–Crippen LogP) is 3.29. The molecule has 1 atom stereocenters. The van der Waals surface area contributed by atoms with Crippen molar-refractivity contribution in [2.24, 2.45) is 0 Å². The molecule has 1 heterocycles. The van der Waals surface area contributed by atoms with Crippen LogP contribution in [-0.4, -0.2) is 22.7 Å². The summed E-state index contributed by atoms with van der Waals surface area (Å²) in [6.45, 7) is 9.44. The first-order chi connectivity index (χ1) is 9.67. The molecule has 0 spiro atoms. The summed E-state index contributed by atoms with van der Waals surface area (Å²) in [5.41, 5.74) is 7.23. The zero-order valence-electron chi connectivity index (χ0n) is 13.4. The Morgan fingerprint density at radius 2 is 2.19 bits per heavy atom. The number of pyridine rings is 1. The van der Waals surface area contributed by atoms with Gasteiger partial charge in [-0.3, -0.25) is 0 Å². The number of anilines is 1. The van der Waals surface area contributed by atoms with Crippen LogP contribution in [0, 0.1) is 6.92 Å². The largest absolute Gasteiger partial charge is 0.444 e. The lowest BCUT2D eigenvalue weighted by Crippen LogP contribution is -2.37. The number of nitrogens with two attached hydrogens (primary N) is 1. The highest BCUT2D eigenvalue weighted by Crippen LogP contribution is 2.12. The fraction of sp³-hybridized carbons (Fsp3) is 0.500. The molecule has 3 N–H and O–H groups in total. The molecule has 116 valence electrons. The van der Waals surface area contributed by atoms with Crippen molar-refractivity contribution in [2.45, 2.75) is 52.7 Å². The number of carbonyl (C=O) groups is 1. The molecule has 0 bridgehead atoms. The van der Waals surface area contributed by atoms with Gasteiger partial charge < -0.3 is 15.8 Å². The molecule has 1 aromatic rings. The van der Waals surface area contributed by atoms with Gasteiger partial charge in [-0.25, -0.2) is 9.78 Å². The Morgan fingerprint density at radius 3 is 2.76 bits per heavy atom. The molecule has 0 aliphatic heterocycles. The maximum atomic E-state index is 11.6. The second-order valence-electron chi connectivity index (χ2n) is 6.15. The van der Waals surface area contributed by atoms with Crippen molar-refractivity contribution in [1.29, 1.82) is 0 Å². The van der Waals surface area contributed by atoms with Gasteiger partial charge in [0.05, 0.1) is 0 Å². The molecule has 0 aromatic carbocycles. The van der Waals surface area contributed by atoms with E-state index in [4.69, 9.17) is 10.5 Å². The summed E-state index contributed by atoms with van der Waals surface area (Å²) >= 11 is 0. The van der Waals surface area contributed by atoms with Gasteiger partial charge in [-0.1, -0.05) is 12.2 Å². The monoisotopic (exact) mass is 291 g/mol. The van der Waals surface area contributed by atoms with E-state index in [2.05, 4.69) is 10.3 Å². The number of alkyl carbamates (subject to hydrolysis) is 1. The maximum Gasteiger partial charge on any atom is 0.407 e. The third-order valence-electron chi connectivity index (χ3n) is 2.72. The number of carbonyl (C=O) groups excluding carboxylic acids is 1. The van der Waals surface area contributed by atoms with Gasteiger partial charge in [0.25, 0.3) is 0 Å². The van der Waals surface area contributed by atoms with Crippen molar-refractivity contribution < 1.29 is 9.53 Å². The van der Waals surface area contributed by atoms with E-state index in [1.807, 2.05) is 52.8 Å². The van der Waals surface area contributed by atoms with E-state index in [0.717, 1.165) is 11.1 Å². The van der Waals surface area contributed by atoms with Crippen LogP contribution in [0.3, 0.4) is 0 Å². The summed E-state index contributed by atoms with van der Waals surface area (Å²) in [6.07, 6.45) is 6.04. The molecular formula is C16H25N3O2. The molecule has 0 radical (unpaired) electrons. The number of rotatable bonds is 4. The number of aryl methyl sites for hydroxylation is 1. The number of hydrogen-bond donors (Lipinski definition) is 2. The molecule has 1 amide bonds. The topological polar surface area (TPSA) is 77.2 Å². The van der Waals surface area contributed by atoms with Crippen LogP contribution >= 0.6 is 0 Å². The van der Waals surface area contributed by atoms with E-state index in [9.17, 15) is 4.79 Å². The highest BCUT2D eigenvalue weighted by atomic mass is 16.6. The van der Waals surface area contributed by atoms with Gasteiger partial charge in [0.1, 0.15) is 11.4 Å². The van der Waals surface area contributed by atoms with Crippen LogP contribution in [0.1, 0.15) is 45.2 Å². The van der Waals surface area contributed by atoms with Crippen molar-refractivity contribution in [3.8, 4) is 0 Å². The van der Waals surface area contributed by atoms with E-state index in [1.54, 1.807) is 6.20 Å². The molecular weight excluding hydrogens is 266 g/mol. The van der Waals surface area contributed by atoms with Gasteiger partial charge in [0, 0.05) is 12.2 Å². The van der Waals surface area contributed by atoms with Gasteiger partial charge >= 0.3 is 6.09 Å². The molecule has 0 unspecified atom stereocenters. The van der Waals surface area contributed by atoms with E-state index in [1.165, 1.54) is 0 Å². The summed E-state index contributed by atoms with van der Waals surface area (Å²) < 4.78 is 5.21. The lowest BCUT2D eigenvalue weighted by atomic mass is 10.1. The van der Waals surface area contributed by atoms with Crippen molar-refractivity contribution >= 4 is 18.0 Å². The van der Waals surface area contributed by atoms with Gasteiger partial charge in [-0.2, -0.15) is 0 Å². The highest BCUT2D eigenvalue weighted by Gasteiger charge is 2.17. The SMILES string of the molecule is Cc1cc(N)ncc1/C=C/C[C@H](C)NC(=O)OC(C)(C)C. The van der Waals surface area contributed by atoms with Gasteiger partial charge in [-0.15, -0.1) is 0 Å². The molecule has 5 nitrogen and oxygen atoms in total. The van der Waals surface area contributed by atoms with Crippen LogP contribution in [0.4, 0.5) is 10.6 Å². The van der Waals surface area contributed by atoms with Crippen molar-refractivity contribution in [3.05, 3.63) is 29.5 Å². The zero-order valence-corrected chi connectivity index (χ0v) is 13.4. The highest BCUT2D eigenvalue weighted by molar-refractivity contribution is 5.68. The van der Waals surface area contributed by atoms with E-state index in [0.29, 0.717) is 12.2 Å². The first-order valence-corrected chi connectivity index (χ1v) is 7.05. The Balaban J connectivity index is 2.47. The fourth-order valence-corrected chi connectivity index (χ4v) is 1.73. The Hall–Kier alpha value is -2.04. The molecule has 0 aliphatic rings. The van der Waals surface area contributed by atoms with Crippen LogP contribution in [0.5, 0.6) is 0 Å². The summed E-state index contributed by atoms with van der Waals surface area (Å²) in [4.78, 5) is 15.7. The minimum absolute atomic E-state index is 0.00172. The molecule has 5 heteroatoms. The summed E-state index contributed by atoms with van der Waals surface area (Å²) in [5, 5.41) is 2.80. The summed E-state index contributed by atoms with van der Waals surface area (Å²) in [7, 11) is 0. The molecule has 1 aromatic heterocycles. The predicted molar refractivity (Wildman–Crippen MR) is 85.9 cm³/mol. The van der Waals surface area contributed by atoms with E-state index in [-0.39, 0.29) is 6.04 Å². The quantitative estimate of drug-likeness (QED) is 0.892. The molecule has 1 rings (SSSR count). The third kappa shape index (κ3) is 6.79. The number of amides is 1. The number of ether oxygens (including phenoxy) is 1. The molecule has 0 fully saturated rings. The Labute approximate surface area is 126 Å². The molecule has 0 aliphatic carbocycles. The maximum absolute atomic E-state index is 11.6. The van der Waals surface area contributed by atoms with Gasteiger partial charge in [0.15, 0.2) is 0 Å². The van der Waals surface area contributed by atoms with Crippen LogP contribution in [0.2, 0.25) is 0 Å². The Bertz CT molecular complexity index is 519. The number of nitrogens with one attached hydrogen (secondary N) is 1. The van der Waals surface area contributed by atoms with Crippen molar-refractivity contribution in [3.63, 3.8) is 0 Å². The molecule has 0 saturated heterocycles. The summed E-state index contributed by atoms with van der Waals surface area (Å²) in [6, 6.07) is 1.83. The second-order valence-corrected chi connectivity index (χ2v) is 6.15. The first kappa shape index (κ1) is 17.0. The van der Waals surface area contributed by atoms with Crippen molar-refractivity contribution in [1.82, 2.24) is 10.3 Å². The first-order valence-electron chi connectivity index (χ1n) is 7.05. The number of aromatic nitrogens is 1. The van der Waals surface area contributed by atoms with Crippen LogP contribution in [-0.2, 0) is 4.74 Å². The zero-order chi connectivity index (χ0) is 16.0. The van der Waals surface area contributed by atoms with Crippen LogP contribution < -0.4 is 11.1 Å². The number of nitrogen functional groups attached to an aromatic ring is 1. The second kappa shape index (κ2) is 7.11. The minimum Gasteiger partial charge on any atom is -0.444 e. The van der Waals surface area contributed by atoms with Gasteiger partial charge in [-0.05, 0) is 58.2 Å². The molecule has 21 heavy (non-hydrogen) atoms. The van der Waals surface area contributed by atoms with E-state index < -0.39 is 11.7 Å². The lowest BCUT2D eigenvalue weighted by molar-refractivity contribution is 0.0509. The van der Waals surface area contributed by atoms with Gasteiger partial charge in [0.2, 0.25) is 0 Å². The number of nitrogens with zero attached hydrogens (tertiary/aromatic N) is 1. The van der Waals surface area contributed by atoms with E-state index >= 15 is 0 Å². The normalized spacial score (nSPS) is 13.2. The average molecular weight is 291 g/mol. The Kier molecular flexibility index (Phi) is 5.76. The summed E-state index contributed by atoms with van der Waals surface area (Å²) in [5.74, 6) is 0.518. The van der Waals surface area contributed by atoms with Crippen LogP contribution in [0.15, 0.2) is 18.3 Å².